The molecule has 0 amide bonds. The molecule has 0 fully saturated rings. The van der Waals surface area contributed by atoms with Crippen LogP contribution in [-0.2, 0) is 0 Å². The smallest absolute Gasteiger partial charge is 0.211 e. The Morgan fingerprint density at radius 2 is 2.11 bits per heavy atom. The molecule has 2 aromatic rings. The van der Waals surface area contributed by atoms with E-state index in [0.29, 0.717) is 22.0 Å². The van der Waals surface area contributed by atoms with Crippen LogP contribution in [0.25, 0.3) is 0 Å². The van der Waals surface area contributed by atoms with E-state index in [4.69, 9.17) is 16.3 Å². The van der Waals surface area contributed by atoms with Crippen molar-refractivity contribution in [2.24, 2.45) is 0 Å². The monoisotopic (exact) mass is 261 g/mol. The van der Waals surface area contributed by atoms with Gasteiger partial charge in [-0.15, -0.1) is 0 Å². The summed E-state index contributed by atoms with van der Waals surface area (Å²) in [5, 5.41) is 0.479. The van der Waals surface area contributed by atoms with Crippen molar-refractivity contribution >= 4 is 17.4 Å². The van der Waals surface area contributed by atoms with Gasteiger partial charge in [-0.05, 0) is 36.8 Å². The number of nitrogens with zero attached hydrogens (tertiary/aromatic N) is 1. The molecule has 1 heterocycles. The number of carbonyl (C=O) groups excluding carboxylic acids is 1. The van der Waals surface area contributed by atoms with Crippen molar-refractivity contribution in [3.63, 3.8) is 0 Å². The van der Waals surface area contributed by atoms with Crippen molar-refractivity contribution in [1.82, 2.24) is 4.98 Å². The summed E-state index contributed by atoms with van der Waals surface area (Å²) in [6, 6.07) is 8.59. The summed E-state index contributed by atoms with van der Waals surface area (Å²) in [6.45, 7) is 1.85. The Kier molecular flexibility index (Phi) is 3.63. The van der Waals surface area contributed by atoms with E-state index < -0.39 is 0 Å². The molecule has 0 aliphatic rings. The third-order valence-electron chi connectivity index (χ3n) is 2.64. The summed E-state index contributed by atoms with van der Waals surface area (Å²) in [5.41, 5.74) is 1.80. The zero-order valence-electron chi connectivity index (χ0n) is 10.1. The molecule has 0 spiro atoms. The zero-order chi connectivity index (χ0) is 13.1. The van der Waals surface area contributed by atoms with Gasteiger partial charge in [0.25, 0.3) is 0 Å². The van der Waals surface area contributed by atoms with Gasteiger partial charge in [-0.1, -0.05) is 17.7 Å². The quantitative estimate of drug-likeness (QED) is 0.796. The lowest BCUT2D eigenvalue weighted by molar-refractivity contribution is 0.103. The summed E-state index contributed by atoms with van der Waals surface area (Å²) in [6.07, 6.45) is 1.60. The van der Waals surface area contributed by atoms with Gasteiger partial charge in [0.15, 0.2) is 0 Å². The molecule has 0 aliphatic heterocycles. The number of carbonyl (C=O) groups is 1. The molecule has 0 bridgehead atoms. The highest BCUT2D eigenvalue weighted by Gasteiger charge is 2.14. The predicted molar refractivity (Wildman–Crippen MR) is 70.4 cm³/mol. The Bertz CT molecular complexity index is 596. The molecular weight excluding hydrogens is 250 g/mol. The maximum Gasteiger partial charge on any atom is 0.211 e. The van der Waals surface area contributed by atoms with E-state index in [1.165, 1.54) is 7.11 Å². The minimum atomic E-state index is -0.136. The normalized spacial score (nSPS) is 10.2. The number of hydrogen-bond donors (Lipinski definition) is 0. The van der Waals surface area contributed by atoms with Crippen LogP contribution in [0.4, 0.5) is 0 Å². The molecule has 1 aromatic carbocycles. The maximum atomic E-state index is 12.3. The van der Waals surface area contributed by atoms with Gasteiger partial charge in [-0.2, -0.15) is 0 Å². The number of methoxy groups -OCH3 is 1. The molecule has 0 atom stereocenters. The van der Waals surface area contributed by atoms with Gasteiger partial charge < -0.3 is 4.74 Å². The summed E-state index contributed by atoms with van der Waals surface area (Å²) in [4.78, 5) is 16.4. The van der Waals surface area contributed by atoms with Crippen molar-refractivity contribution < 1.29 is 9.53 Å². The molecule has 1 aromatic heterocycles. The van der Waals surface area contributed by atoms with Crippen LogP contribution in [0.3, 0.4) is 0 Å². The van der Waals surface area contributed by atoms with E-state index in [2.05, 4.69) is 4.98 Å². The fourth-order valence-electron chi connectivity index (χ4n) is 1.66. The van der Waals surface area contributed by atoms with Crippen molar-refractivity contribution in [3.8, 4) is 5.75 Å². The van der Waals surface area contributed by atoms with E-state index >= 15 is 0 Å². The zero-order valence-corrected chi connectivity index (χ0v) is 10.9. The van der Waals surface area contributed by atoms with Crippen LogP contribution in [0.1, 0.15) is 21.6 Å². The van der Waals surface area contributed by atoms with Crippen LogP contribution in [-0.4, -0.2) is 17.9 Å². The Morgan fingerprint density at radius 3 is 2.78 bits per heavy atom. The number of halogens is 1. The van der Waals surface area contributed by atoms with Gasteiger partial charge in [-0.3, -0.25) is 9.78 Å². The second kappa shape index (κ2) is 5.19. The molecule has 0 saturated carbocycles. The Balaban J connectivity index is 2.44. The molecule has 0 saturated heterocycles. The lowest BCUT2D eigenvalue weighted by atomic mass is 10.0. The topological polar surface area (TPSA) is 39.2 Å². The third kappa shape index (κ3) is 2.36. The fourth-order valence-corrected chi connectivity index (χ4v) is 1.86. The van der Waals surface area contributed by atoms with Gasteiger partial charge in [0.1, 0.15) is 11.4 Å². The number of benzene rings is 1. The number of aromatic nitrogens is 1. The van der Waals surface area contributed by atoms with Crippen LogP contribution in [0.2, 0.25) is 5.02 Å². The van der Waals surface area contributed by atoms with Crippen LogP contribution in [0, 0.1) is 6.92 Å². The highest BCUT2D eigenvalue weighted by atomic mass is 35.5. The van der Waals surface area contributed by atoms with Crippen LogP contribution >= 0.6 is 11.6 Å². The number of hydrogen-bond acceptors (Lipinski definition) is 3. The second-order valence-electron chi connectivity index (χ2n) is 3.85. The molecule has 2 rings (SSSR count). The van der Waals surface area contributed by atoms with Crippen molar-refractivity contribution in [2.45, 2.75) is 6.92 Å². The molecule has 92 valence electrons. The largest absolute Gasteiger partial charge is 0.495 e. The van der Waals surface area contributed by atoms with Crippen molar-refractivity contribution in [3.05, 3.63) is 58.4 Å². The minimum absolute atomic E-state index is 0.136. The summed E-state index contributed by atoms with van der Waals surface area (Å²) < 4.78 is 5.10. The first-order chi connectivity index (χ1) is 8.63. The number of ketones is 1. The lowest BCUT2D eigenvalue weighted by Gasteiger charge is -2.07. The van der Waals surface area contributed by atoms with E-state index in [9.17, 15) is 4.79 Å². The molecule has 4 heteroatoms. The first kappa shape index (κ1) is 12.6. The predicted octanol–water partition coefficient (Wildman–Crippen LogP) is 3.28. The Labute approximate surface area is 110 Å². The van der Waals surface area contributed by atoms with E-state index in [1.807, 2.05) is 13.0 Å². The van der Waals surface area contributed by atoms with E-state index in [1.54, 1.807) is 30.5 Å². The average Bonchev–Trinajstić information content (AvgIpc) is 2.39. The number of rotatable bonds is 3. The molecule has 18 heavy (non-hydrogen) atoms. The number of ether oxygens (including phenoxy) is 1. The third-order valence-corrected chi connectivity index (χ3v) is 2.95. The molecule has 0 radical (unpaired) electrons. The molecule has 0 unspecified atom stereocenters. The first-order valence-corrected chi connectivity index (χ1v) is 5.81. The first-order valence-electron chi connectivity index (χ1n) is 5.43. The van der Waals surface area contributed by atoms with Gasteiger partial charge in [0, 0.05) is 11.8 Å². The van der Waals surface area contributed by atoms with Crippen LogP contribution < -0.4 is 4.74 Å². The summed E-state index contributed by atoms with van der Waals surface area (Å²) in [5.74, 6) is 0.346. The second-order valence-corrected chi connectivity index (χ2v) is 4.25. The van der Waals surface area contributed by atoms with Crippen molar-refractivity contribution in [2.75, 3.05) is 7.11 Å². The number of pyridine rings is 1. The molecule has 3 nitrogen and oxygen atoms in total. The average molecular weight is 262 g/mol. The SMILES string of the molecule is COc1cc(C(=O)c2ncccc2C)ccc1Cl. The fraction of sp³-hybridized carbons (Fsp3) is 0.143. The Morgan fingerprint density at radius 1 is 1.33 bits per heavy atom. The Hall–Kier alpha value is -1.87. The van der Waals surface area contributed by atoms with Gasteiger partial charge >= 0.3 is 0 Å². The van der Waals surface area contributed by atoms with Gasteiger partial charge in [-0.25, -0.2) is 0 Å². The maximum absolute atomic E-state index is 12.3. The molecule has 0 N–H and O–H groups in total. The minimum Gasteiger partial charge on any atom is -0.495 e. The molecular formula is C14H12ClNO2. The van der Waals surface area contributed by atoms with Gasteiger partial charge in [0.2, 0.25) is 5.78 Å². The van der Waals surface area contributed by atoms with E-state index in [0.717, 1.165) is 5.56 Å². The van der Waals surface area contributed by atoms with Crippen LogP contribution in [0.15, 0.2) is 36.5 Å². The number of aryl methyl sites for hydroxylation is 1. The lowest BCUT2D eigenvalue weighted by Crippen LogP contribution is -2.06. The molecule has 0 aliphatic carbocycles. The summed E-state index contributed by atoms with van der Waals surface area (Å²) >= 11 is 5.93. The van der Waals surface area contributed by atoms with Crippen LogP contribution in [0.5, 0.6) is 5.75 Å². The standard InChI is InChI=1S/C14H12ClNO2/c1-9-4-3-7-16-13(9)14(17)10-5-6-11(15)12(8-10)18-2/h3-8H,1-2H3. The highest BCUT2D eigenvalue weighted by molar-refractivity contribution is 6.32. The highest BCUT2D eigenvalue weighted by Crippen LogP contribution is 2.26. The summed E-state index contributed by atoms with van der Waals surface area (Å²) in [7, 11) is 1.52. The van der Waals surface area contributed by atoms with Crippen molar-refractivity contribution in [1.29, 1.82) is 0 Å². The van der Waals surface area contributed by atoms with Gasteiger partial charge in [0.05, 0.1) is 12.1 Å². The van der Waals surface area contributed by atoms with E-state index in [-0.39, 0.29) is 5.78 Å².